The topological polar surface area (TPSA) is 85.9 Å². The third kappa shape index (κ3) is 4.59. The molecule has 0 aliphatic carbocycles. The molecule has 0 aliphatic rings. The summed E-state index contributed by atoms with van der Waals surface area (Å²) in [6.07, 6.45) is 5.07. The molecular formula is C13H19N5O. The zero-order valence-corrected chi connectivity index (χ0v) is 10.8. The minimum atomic E-state index is 0.180. The normalized spacial score (nSPS) is 10.4. The number of aromatic amines is 1. The summed E-state index contributed by atoms with van der Waals surface area (Å²) in [5.41, 5.74) is 1.20. The van der Waals surface area contributed by atoms with Crippen LogP contribution >= 0.6 is 0 Å². The predicted octanol–water partition coefficient (Wildman–Crippen LogP) is 1.25. The molecule has 0 fully saturated rings. The van der Waals surface area contributed by atoms with Gasteiger partial charge in [0.25, 0.3) is 0 Å². The first-order valence-electron chi connectivity index (χ1n) is 6.41. The molecule has 2 rings (SSSR count). The van der Waals surface area contributed by atoms with Crippen LogP contribution in [0.5, 0.6) is 0 Å². The number of nitrogens with zero attached hydrogens (tertiary/aromatic N) is 2. The molecule has 19 heavy (non-hydrogen) atoms. The van der Waals surface area contributed by atoms with Gasteiger partial charge in [-0.05, 0) is 18.6 Å². The van der Waals surface area contributed by atoms with Crippen LogP contribution in [0.25, 0.3) is 0 Å². The number of hydrogen-bond donors (Lipinski definition) is 4. The molecule has 0 unspecified atom stereocenters. The molecular weight excluding hydrogens is 242 g/mol. The fourth-order valence-corrected chi connectivity index (χ4v) is 1.69. The molecule has 0 aromatic carbocycles. The Morgan fingerprint density at radius 2 is 1.95 bits per heavy atom. The van der Waals surface area contributed by atoms with E-state index in [9.17, 15) is 0 Å². The SMILES string of the molecule is OCCCNc1cc(NCCc2ccc[nH]2)ncn1. The summed E-state index contributed by atoms with van der Waals surface area (Å²) >= 11 is 0. The molecule has 0 saturated heterocycles. The van der Waals surface area contributed by atoms with Gasteiger partial charge in [0, 0.05) is 44.1 Å². The molecule has 4 N–H and O–H groups in total. The standard InChI is InChI=1S/C13H19N5O/c19-8-2-6-15-12-9-13(18-10-17-12)16-7-4-11-3-1-5-14-11/h1,3,5,9-10,14,19H,2,4,6-8H2,(H2,15,16,17,18). The van der Waals surface area contributed by atoms with Crippen LogP contribution in [0.3, 0.4) is 0 Å². The van der Waals surface area contributed by atoms with E-state index in [-0.39, 0.29) is 6.61 Å². The van der Waals surface area contributed by atoms with Crippen molar-refractivity contribution in [1.82, 2.24) is 15.0 Å². The highest BCUT2D eigenvalue weighted by Crippen LogP contribution is 2.08. The summed E-state index contributed by atoms with van der Waals surface area (Å²) in [7, 11) is 0. The Balaban J connectivity index is 1.78. The molecule has 0 saturated carbocycles. The van der Waals surface area contributed by atoms with Gasteiger partial charge in [0.05, 0.1) is 0 Å². The van der Waals surface area contributed by atoms with Crippen molar-refractivity contribution in [3.05, 3.63) is 36.4 Å². The van der Waals surface area contributed by atoms with Crippen molar-refractivity contribution in [3.63, 3.8) is 0 Å². The van der Waals surface area contributed by atoms with Gasteiger partial charge in [0.15, 0.2) is 0 Å². The van der Waals surface area contributed by atoms with Gasteiger partial charge in [-0.3, -0.25) is 0 Å². The van der Waals surface area contributed by atoms with E-state index in [1.54, 1.807) is 0 Å². The molecule has 2 heterocycles. The average Bonchev–Trinajstić information content (AvgIpc) is 2.93. The zero-order valence-electron chi connectivity index (χ0n) is 10.8. The smallest absolute Gasteiger partial charge is 0.131 e. The van der Waals surface area contributed by atoms with Gasteiger partial charge in [0.2, 0.25) is 0 Å². The highest BCUT2D eigenvalue weighted by molar-refractivity contribution is 5.46. The van der Waals surface area contributed by atoms with Crippen molar-refractivity contribution in [1.29, 1.82) is 0 Å². The second-order valence-electron chi connectivity index (χ2n) is 4.16. The molecule has 102 valence electrons. The lowest BCUT2D eigenvalue weighted by Crippen LogP contribution is -2.09. The number of anilines is 2. The lowest BCUT2D eigenvalue weighted by molar-refractivity contribution is 0.292. The van der Waals surface area contributed by atoms with Gasteiger partial charge < -0.3 is 20.7 Å². The average molecular weight is 261 g/mol. The third-order valence-electron chi connectivity index (χ3n) is 2.67. The number of rotatable bonds is 8. The van der Waals surface area contributed by atoms with Gasteiger partial charge in [-0.25, -0.2) is 9.97 Å². The highest BCUT2D eigenvalue weighted by atomic mass is 16.3. The number of aliphatic hydroxyl groups excluding tert-OH is 1. The number of hydrogen-bond acceptors (Lipinski definition) is 5. The second kappa shape index (κ2) is 7.38. The Hall–Kier alpha value is -2.08. The van der Waals surface area contributed by atoms with E-state index in [0.717, 1.165) is 24.6 Å². The van der Waals surface area contributed by atoms with Crippen LogP contribution in [0.4, 0.5) is 11.6 Å². The molecule has 0 aliphatic heterocycles. The lowest BCUT2D eigenvalue weighted by Gasteiger charge is -2.07. The summed E-state index contributed by atoms with van der Waals surface area (Å²) in [6, 6.07) is 5.92. The Bertz CT molecular complexity index is 472. The van der Waals surface area contributed by atoms with Crippen molar-refractivity contribution in [2.24, 2.45) is 0 Å². The first-order chi connectivity index (χ1) is 9.38. The largest absolute Gasteiger partial charge is 0.396 e. The van der Waals surface area contributed by atoms with E-state index in [2.05, 4.69) is 31.7 Å². The zero-order chi connectivity index (χ0) is 13.3. The van der Waals surface area contributed by atoms with Crippen molar-refractivity contribution in [2.45, 2.75) is 12.8 Å². The fraction of sp³-hybridized carbons (Fsp3) is 0.385. The highest BCUT2D eigenvalue weighted by Gasteiger charge is 1.98. The van der Waals surface area contributed by atoms with Crippen LogP contribution in [0.1, 0.15) is 12.1 Å². The van der Waals surface area contributed by atoms with Crippen LogP contribution < -0.4 is 10.6 Å². The summed E-state index contributed by atoms with van der Waals surface area (Å²) in [5, 5.41) is 15.1. The number of aromatic nitrogens is 3. The molecule has 0 radical (unpaired) electrons. The summed E-state index contributed by atoms with van der Waals surface area (Å²) in [4.78, 5) is 11.4. The Morgan fingerprint density at radius 3 is 2.63 bits per heavy atom. The van der Waals surface area contributed by atoms with Crippen LogP contribution in [-0.4, -0.2) is 39.8 Å². The number of aliphatic hydroxyl groups is 1. The summed E-state index contributed by atoms with van der Waals surface area (Å²) < 4.78 is 0. The predicted molar refractivity (Wildman–Crippen MR) is 75.2 cm³/mol. The van der Waals surface area contributed by atoms with Gasteiger partial charge in [0.1, 0.15) is 18.0 Å². The molecule has 0 bridgehead atoms. The van der Waals surface area contributed by atoms with Crippen molar-refractivity contribution in [2.75, 3.05) is 30.3 Å². The summed E-state index contributed by atoms with van der Waals surface area (Å²) in [5.74, 6) is 1.57. The molecule has 6 nitrogen and oxygen atoms in total. The Kier molecular flexibility index (Phi) is 5.18. The molecule has 0 atom stereocenters. The molecule has 0 spiro atoms. The molecule has 2 aromatic heterocycles. The quantitative estimate of drug-likeness (QED) is 0.537. The van der Waals surface area contributed by atoms with Crippen LogP contribution in [0.2, 0.25) is 0 Å². The third-order valence-corrected chi connectivity index (χ3v) is 2.67. The Labute approximate surface area is 112 Å². The maximum absolute atomic E-state index is 8.72. The van der Waals surface area contributed by atoms with E-state index in [4.69, 9.17) is 5.11 Å². The van der Waals surface area contributed by atoms with E-state index in [1.165, 1.54) is 12.0 Å². The first-order valence-corrected chi connectivity index (χ1v) is 6.41. The minimum Gasteiger partial charge on any atom is -0.396 e. The maximum Gasteiger partial charge on any atom is 0.131 e. The van der Waals surface area contributed by atoms with E-state index >= 15 is 0 Å². The van der Waals surface area contributed by atoms with E-state index in [0.29, 0.717) is 13.0 Å². The van der Waals surface area contributed by atoms with Gasteiger partial charge >= 0.3 is 0 Å². The maximum atomic E-state index is 8.72. The van der Waals surface area contributed by atoms with E-state index in [1.807, 2.05) is 18.3 Å². The van der Waals surface area contributed by atoms with Gasteiger partial charge in [-0.15, -0.1) is 0 Å². The molecule has 0 amide bonds. The van der Waals surface area contributed by atoms with Crippen molar-refractivity contribution >= 4 is 11.6 Å². The van der Waals surface area contributed by atoms with Gasteiger partial charge in [-0.1, -0.05) is 0 Å². The number of nitrogens with one attached hydrogen (secondary N) is 3. The first kappa shape index (κ1) is 13.4. The minimum absolute atomic E-state index is 0.180. The Morgan fingerprint density at radius 1 is 1.16 bits per heavy atom. The second-order valence-corrected chi connectivity index (χ2v) is 4.16. The van der Waals surface area contributed by atoms with Crippen LogP contribution in [0, 0.1) is 0 Å². The van der Waals surface area contributed by atoms with Gasteiger partial charge in [-0.2, -0.15) is 0 Å². The number of H-pyrrole nitrogens is 1. The fourth-order valence-electron chi connectivity index (χ4n) is 1.69. The molecule has 6 heteroatoms. The van der Waals surface area contributed by atoms with Crippen molar-refractivity contribution in [3.8, 4) is 0 Å². The lowest BCUT2D eigenvalue weighted by atomic mass is 10.3. The van der Waals surface area contributed by atoms with E-state index < -0.39 is 0 Å². The monoisotopic (exact) mass is 261 g/mol. The molecule has 2 aromatic rings. The van der Waals surface area contributed by atoms with Crippen molar-refractivity contribution < 1.29 is 5.11 Å². The van der Waals surface area contributed by atoms with Crippen LogP contribution in [-0.2, 0) is 6.42 Å². The van der Waals surface area contributed by atoms with Crippen LogP contribution in [0.15, 0.2) is 30.7 Å². The summed E-state index contributed by atoms with van der Waals surface area (Å²) in [6.45, 7) is 1.70.